The number of hydrogen-bond acceptors (Lipinski definition) is 1. The van der Waals surface area contributed by atoms with Crippen LogP contribution in [0.2, 0.25) is 0 Å². The maximum atomic E-state index is 2.39. The van der Waals surface area contributed by atoms with Crippen molar-refractivity contribution < 1.29 is 5.32 Å². The van der Waals surface area contributed by atoms with Crippen LogP contribution in [0.5, 0.6) is 0 Å². The van der Waals surface area contributed by atoms with Crippen LogP contribution in [0.25, 0.3) is 10.8 Å². The van der Waals surface area contributed by atoms with Crippen LogP contribution < -0.4 is 5.32 Å². The Morgan fingerprint density at radius 3 is 2.63 bits per heavy atom. The normalized spacial score (nSPS) is 11.0. The van der Waals surface area contributed by atoms with Crippen LogP contribution in [-0.4, -0.2) is 0 Å². The summed E-state index contributed by atoms with van der Waals surface area (Å²) in [7, 11) is 0. The fraction of sp³-hybridized carbons (Fsp3) is 0.176. The number of aryl methyl sites for hydroxylation is 1. The minimum Gasteiger partial charge on any atom is -0.338 e. The van der Waals surface area contributed by atoms with E-state index >= 15 is 0 Å². The summed E-state index contributed by atoms with van der Waals surface area (Å²) in [4.78, 5) is 1.49. The zero-order valence-corrected chi connectivity index (χ0v) is 11.9. The molecule has 0 aliphatic rings. The Bertz CT molecular complexity index is 679. The second kappa shape index (κ2) is 5.55. The van der Waals surface area contributed by atoms with E-state index in [1.807, 2.05) is 11.3 Å². The molecule has 2 aromatic carbocycles. The molecular weight excluding hydrogens is 250 g/mol. The molecule has 3 aromatic rings. The highest BCUT2D eigenvalue weighted by atomic mass is 32.1. The summed E-state index contributed by atoms with van der Waals surface area (Å²) in [6, 6.07) is 17.4. The van der Waals surface area contributed by atoms with Crippen LogP contribution in [0.15, 0.2) is 53.9 Å². The van der Waals surface area contributed by atoms with Gasteiger partial charge in [-0.15, -0.1) is 11.3 Å². The average molecular weight is 268 g/mol. The van der Waals surface area contributed by atoms with Gasteiger partial charge in [-0.05, 0) is 34.7 Å². The monoisotopic (exact) mass is 268 g/mol. The molecule has 0 atom stereocenters. The van der Waals surface area contributed by atoms with Gasteiger partial charge in [0, 0.05) is 5.56 Å². The van der Waals surface area contributed by atoms with E-state index < -0.39 is 0 Å². The molecule has 1 aromatic heterocycles. The van der Waals surface area contributed by atoms with Crippen LogP contribution in [-0.2, 0) is 13.1 Å². The number of hydrogen-bond donors (Lipinski definition) is 1. The molecule has 0 spiro atoms. The Morgan fingerprint density at radius 1 is 0.947 bits per heavy atom. The molecule has 0 bridgehead atoms. The summed E-state index contributed by atoms with van der Waals surface area (Å²) >= 11 is 1.86. The third kappa shape index (κ3) is 2.70. The van der Waals surface area contributed by atoms with Crippen molar-refractivity contribution in [1.82, 2.24) is 0 Å². The molecule has 19 heavy (non-hydrogen) atoms. The zero-order valence-electron chi connectivity index (χ0n) is 11.1. The first kappa shape index (κ1) is 12.4. The first-order valence-corrected chi connectivity index (χ1v) is 7.54. The Kier molecular flexibility index (Phi) is 3.62. The van der Waals surface area contributed by atoms with Crippen molar-refractivity contribution in [2.24, 2.45) is 0 Å². The molecule has 0 aliphatic carbocycles. The largest absolute Gasteiger partial charge is 0.338 e. The van der Waals surface area contributed by atoms with Crippen LogP contribution in [0, 0.1) is 6.92 Å². The van der Waals surface area contributed by atoms with Crippen LogP contribution in [0.1, 0.15) is 16.0 Å². The molecule has 2 N–H and O–H groups in total. The molecule has 0 amide bonds. The van der Waals surface area contributed by atoms with E-state index in [1.54, 1.807) is 0 Å². The van der Waals surface area contributed by atoms with Crippen LogP contribution in [0.3, 0.4) is 0 Å². The van der Waals surface area contributed by atoms with Crippen molar-refractivity contribution in [2.75, 3.05) is 0 Å². The molecule has 0 aliphatic heterocycles. The van der Waals surface area contributed by atoms with Gasteiger partial charge >= 0.3 is 0 Å². The number of thiophene rings is 1. The lowest BCUT2D eigenvalue weighted by atomic mass is 10.0. The second-order valence-electron chi connectivity index (χ2n) is 4.86. The van der Waals surface area contributed by atoms with Gasteiger partial charge in [0.2, 0.25) is 0 Å². The molecule has 0 saturated heterocycles. The van der Waals surface area contributed by atoms with Gasteiger partial charge in [-0.3, -0.25) is 0 Å². The van der Waals surface area contributed by atoms with Gasteiger partial charge in [-0.1, -0.05) is 42.5 Å². The topological polar surface area (TPSA) is 16.6 Å². The van der Waals surface area contributed by atoms with Gasteiger partial charge in [-0.25, -0.2) is 0 Å². The third-order valence-electron chi connectivity index (χ3n) is 3.54. The molecule has 0 unspecified atom stereocenters. The van der Waals surface area contributed by atoms with E-state index in [0.29, 0.717) is 0 Å². The molecule has 0 saturated carbocycles. The first-order valence-electron chi connectivity index (χ1n) is 6.66. The molecule has 0 fully saturated rings. The predicted molar refractivity (Wildman–Crippen MR) is 82.3 cm³/mol. The molecule has 0 radical (unpaired) electrons. The molecular formula is C17H18NS+. The highest BCUT2D eigenvalue weighted by Crippen LogP contribution is 2.18. The van der Waals surface area contributed by atoms with Gasteiger partial charge in [0.25, 0.3) is 0 Å². The highest BCUT2D eigenvalue weighted by Gasteiger charge is 2.04. The van der Waals surface area contributed by atoms with Gasteiger partial charge in [0.05, 0.1) is 4.88 Å². The number of fused-ring (bicyclic) bond motifs is 1. The smallest absolute Gasteiger partial charge is 0.111 e. The molecule has 96 valence electrons. The van der Waals surface area contributed by atoms with Crippen molar-refractivity contribution >= 4 is 22.1 Å². The minimum atomic E-state index is 1.04. The quantitative estimate of drug-likeness (QED) is 0.746. The van der Waals surface area contributed by atoms with E-state index in [2.05, 4.69) is 66.2 Å². The van der Waals surface area contributed by atoms with Crippen molar-refractivity contribution in [3.63, 3.8) is 0 Å². The molecule has 1 nitrogen and oxygen atoms in total. The van der Waals surface area contributed by atoms with Gasteiger partial charge in [0.15, 0.2) is 0 Å². The number of benzene rings is 2. The average Bonchev–Trinajstić information content (AvgIpc) is 2.85. The van der Waals surface area contributed by atoms with E-state index in [9.17, 15) is 0 Å². The molecule has 2 heteroatoms. The second-order valence-corrected chi connectivity index (χ2v) is 5.86. The van der Waals surface area contributed by atoms with E-state index in [-0.39, 0.29) is 0 Å². The van der Waals surface area contributed by atoms with Gasteiger partial charge in [0.1, 0.15) is 13.1 Å². The lowest BCUT2D eigenvalue weighted by molar-refractivity contribution is -0.685. The molecule has 3 rings (SSSR count). The Labute approximate surface area is 117 Å². The Hall–Kier alpha value is -1.64. The molecule has 1 heterocycles. The predicted octanol–water partition coefficient (Wildman–Crippen LogP) is 3.47. The lowest BCUT2D eigenvalue weighted by Gasteiger charge is -2.05. The number of quaternary nitrogens is 1. The lowest BCUT2D eigenvalue weighted by Crippen LogP contribution is -2.80. The minimum absolute atomic E-state index is 1.04. The van der Waals surface area contributed by atoms with E-state index in [1.165, 1.54) is 26.8 Å². The van der Waals surface area contributed by atoms with Crippen molar-refractivity contribution in [3.05, 3.63) is 69.9 Å². The summed E-state index contributed by atoms with van der Waals surface area (Å²) in [5, 5.41) is 7.28. The van der Waals surface area contributed by atoms with E-state index in [0.717, 1.165) is 13.1 Å². The number of nitrogens with two attached hydrogens (primary N) is 1. The summed E-state index contributed by atoms with van der Waals surface area (Å²) in [5.74, 6) is 0. The fourth-order valence-corrected chi connectivity index (χ4v) is 3.35. The van der Waals surface area contributed by atoms with Gasteiger partial charge < -0.3 is 5.32 Å². The summed E-state index contributed by atoms with van der Waals surface area (Å²) < 4.78 is 0. The third-order valence-corrected chi connectivity index (χ3v) is 4.59. The SMILES string of the molecule is Cc1ccsc1C[NH2+]Cc1cccc2ccccc12. The van der Waals surface area contributed by atoms with Gasteiger partial charge in [-0.2, -0.15) is 0 Å². The van der Waals surface area contributed by atoms with Crippen molar-refractivity contribution in [2.45, 2.75) is 20.0 Å². The standard InChI is InChI=1S/C17H17NS/c1-13-9-10-19-17(13)12-18-11-15-7-4-6-14-5-2-3-8-16(14)15/h2-10,18H,11-12H2,1H3/p+1. The summed E-state index contributed by atoms with van der Waals surface area (Å²) in [5.41, 5.74) is 2.84. The summed E-state index contributed by atoms with van der Waals surface area (Å²) in [6.45, 7) is 4.31. The first-order chi connectivity index (χ1) is 9.34. The van der Waals surface area contributed by atoms with Crippen molar-refractivity contribution in [1.29, 1.82) is 0 Å². The Balaban J connectivity index is 1.74. The fourth-order valence-electron chi connectivity index (χ4n) is 2.44. The maximum absolute atomic E-state index is 2.39. The Morgan fingerprint density at radius 2 is 1.79 bits per heavy atom. The van der Waals surface area contributed by atoms with Crippen molar-refractivity contribution in [3.8, 4) is 0 Å². The van der Waals surface area contributed by atoms with E-state index in [4.69, 9.17) is 0 Å². The summed E-state index contributed by atoms with van der Waals surface area (Å²) in [6.07, 6.45) is 0. The zero-order chi connectivity index (χ0) is 13.1. The van der Waals surface area contributed by atoms with Crippen LogP contribution in [0.4, 0.5) is 0 Å². The number of rotatable bonds is 4. The maximum Gasteiger partial charge on any atom is 0.111 e. The highest BCUT2D eigenvalue weighted by molar-refractivity contribution is 7.10. The van der Waals surface area contributed by atoms with Crippen LogP contribution >= 0.6 is 11.3 Å².